The van der Waals surface area contributed by atoms with Crippen molar-refractivity contribution in [2.45, 2.75) is 37.3 Å². The molecule has 2 rings (SSSR count). The fourth-order valence-corrected chi connectivity index (χ4v) is 3.12. The zero-order chi connectivity index (χ0) is 16.7. The van der Waals surface area contributed by atoms with E-state index >= 15 is 0 Å². The van der Waals surface area contributed by atoms with Crippen LogP contribution in [0.4, 0.5) is 5.69 Å². The third kappa shape index (κ3) is 5.03. The molecular formula is C19H23NO2S. The lowest BCUT2D eigenvalue weighted by molar-refractivity contribution is -0.115. The van der Waals surface area contributed by atoms with Gasteiger partial charge in [0.1, 0.15) is 5.75 Å². The van der Waals surface area contributed by atoms with Gasteiger partial charge in [-0.25, -0.2) is 0 Å². The highest BCUT2D eigenvalue weighted by Gasteiger charge is 2.19. The summed E-state index contributed by atoms with van der Waals surface area (Å²) in [7, 11) is 0. The number of carbonyl (C=O) groups is 1. The molecule has 0 aromatic heterocycles. The molecule has 23 heavy (non-hydrogen) atoms. The Labute approximate surface area is 142 Å². The lowest BCUT2D eigenvalue weighted by Gasteiger charge is -2.16. The van der Waals surface area contributed by atoms with Gasteiger partial charge in [0.2, 0.25) is 5.91 Å². The quantitative estimate of drug-likeness (QED) is 0.734. The van der Waals surface area contributed by atoms with E-state index in [1.807, 2.05) is 38.1 Å². The van der Waals surface area contributed by atoms with Gasteiger partial charge in [-0.1, -0.05) is 36.8 Å². The van der Waals surface area contributed by atoms with Crippen molar-refractivity contribution in [1.82, 2.24) is 0 Å². The summed E-state index contributed by atoms with van der Waals surface area (Å²) >= 11 is 1.59. The van der Waals surface area contributed by atoms with Crippen molar-refractivity contribution in [1.29, 1.82) is 0 Å². The maximum Gasteiger partial charge on any atom is 0.237 e. The third-order valence-corrected chi connectivity index (χ3v) is 4.78. The molecular weight excluding hydrogens is 306 g/mol. The van der Waals surface area contributed by atoms with Gasteiger partial charge in [0.25, 0.3) is 0 Å². The molecule has 0 heterocycles. The first-order valence-electron chi connectivity index (χ1n) is 7.90. The smallest absolute Gasteiger partial charge is 0.237 e. The Hall–Kier alpha value is -1.94. The molecule has 1 N–H and O–H groups in total. The molecule has 0 aliphatic carbocycles. The fourth-order valence-electron chi connectivity index (χ4n) is 2.17. The molecule has 2 aromatic carbocycles. The maximum absolute atomic E-state index is 12.6. The standard InChI is InChI=1S/C19H23NO2S/c1-4-18(23-15-12-10-14(3)11-13-15)19(21)20-16-8-6-7-9-17(16)22-5-2/h6-13,18H,4-5H2,1-3H3,(H,20,21). The van der Waals surface area contributed by atoms with Crippen LogP contribution in [0.25, 0.3) is 0 Å². The summed E-state index contributed by atoms with van der Waals surface area (Å²) in [5, 5.41) is 2.86. The van der Waals surface area contributed by atoms with E-state index < -0.39 is 0 Å². The number of hydrogen-bond donors (Lipinski definition) is 1. The molecule has 122 valence electrons. The predicted molar refractivity (Wildman–Crippen MR) is 97.4 cm³/mol. The van der Waals surface area contributed by atoms with Gasteiger partial charge >= 0.3 is 0 Å². The van der Waals surface area contributed by atoms with Gasteiger partial charge < -0.3 is 10.1 Å². The number of rotatable bonds is 7. The van der Waals surface area contributed by atoms with Crippen molar-refractivity contribution in [3.05, 3.63) is 54.1 Å². The first kappa shape index (κ1) is 17.4. The van der Waals surface area contributed by atoms with Crippen LogP contribution in [0.3, 0.4) is 0 Å². The molecule has 0 saturated carbocycles. The van der Waals surface area contributed by atoms with Gasteiger partial charge in [-0.05, 0) is 44.5 Å². The Morgan fingerprint density at radius 3 is 2.48 bits per heavy atom. The number of ether oxygens (including phenoxy) is 1. The monoisotopic (exact) mass is 329 g/mol. The van der Waals surface area contributed by atoms with E-state index in [9.17, 15) is 4.79 Å². The Balaban J connectivity index is 2.06. The van der Waals surface area contributed by atoms with Crippen LogP contribution in [0.1, 0.15) is 25.8 Å². The SMILES string of the molecule is CCOc1ccccc1NC(=O)C(CC)Sc1ccc(C)cc1. The highest BCUT2D eigenvalue weighted by molar-refractivity contribution is 8.00. The lowest BCUT2D eigenvalue weighted by atomic mass is 10.2. The minimum Gasteiger partial charge on any atom is -0.492 e. The van der Waals surface area contributed by atoms with Crippen LogP contribution >= 0.6 is 11.8 Å². The summed E-state index contributed by atoms with van der Waals surface area (Å²) in [5.74, 6) is 0.712. The Bertz CT molecular complexity index is 640. The Morgan fingerprint density at radius 1 is 1.13 bits per heavy atom. The number of carbonyl (C=O) groups excluding carboxylic acids is 1. The van der Waals surface area contributed by atoms with Crippen LogP contribution in [0, 0.1) is 6.92 Å². The number of nitrogens with one attached hydrogen (secondary N) is 1. The van der Waals surface area contributed by atoms with E-state index in [1.54, 1.807) is 11.8 Å². The molecule has 0 saturated heterocycles. The van der Waals surface area contributed by atoms with Crippen molar-refractivity contribution in [2.24, 2.45) is 0 Å². The van der Waals surface area contributed by atoms with Crippen LogP contribution in [0.15, 0.2) is 53.4 Å². The number of amides is 1. The van der Waals surface area contributed by atoms with Crippen molar-refractivity contribution in [3.8, 4) is 5.75 Å². The minimum absolute atomic E-state index is 0.00484. The fraction of sp³-hybridized carbons (Fsp3) is 0.316. The molecule has 2 aromatic rings. The second-order valence-electron chi connectivity index (χ2n) is 5.25. The predicted octanol–water partition coefficient (Wildman–Crippen LogP) is 4.90. The second kappa shape index (κ2) is 8.63. The molecule has 0 spiro atoms. The van der Waals surface area contributed by atoms with Gasteiger partial charge in [0.15, 0.2) is 0 Å². The van der Waals surface area contributed by atoms with E-state index in [2.05, 4.69) is 36.5 Å². The van der Waals surface area contributed by atoms with E-state index in [1.165, 1.54) is 5.56 Å². The minimum atomic E-state index is -0.132. The average molecular weight is 329 g/mol. The van der Waals surface area contributed by atoms with Crippen molar-refractivity contribution < 1.29 is 9.53 Å². The normalized spacial score (nSPS) is 11.8. The van der Waals surface area contributed by atoms with Gasteiger partial charge in [-0.15, -0.1) is 11.8 Å². The summed E-state index contributed by atoms with van der Waals surface area (Å²) in [5.41, 5.74) is 1.94. The first-order valence-corrected chi connectivity index (χ1v) is 8.78. The zero-order valence-electron chi connectivity index (χ0n) is 13.8. The van der Waals surface area contributed by atoms with Gasteiger partial charge in [0.05, 0.1) is 17.5 Å². The highest BCUT2D eigenvalue weighted by atomic mass is 32.2. The highest BCUT2D eigenvalue weighted by Crippen LogP contribution is 2.29. The van der Waals surface area contributed by atoms with Crippen molar-refractivity contribution >= 4 is 23.4 Å². The number of para-hydroxylation sites is 2. The number of anilines is 1. The van der Waals surface area contributed by atoms with Gasteiger partial charge in [-0.2, -0.15) is 0 Å². The number of benzene rings is 2. The van der Waals surface area contributed by atoms with Crippen molar-refractivity contribution in [2.75, 3.05) is 11.9 Å². The molecule has 1 amide bonds. The van der Waals surface area contributed by atoms with Crippen molar-refractivity contribution in [3.63, 3.8) is 0 Å². The van der Waals surface area contributed by atoms with Crippen LogP contribution in [-0.4, -0.2) is 17.8 Å². The molecule has 1 unspecified atom stereocenters. The van der Waals surface area contributed by atoms with Crippen LogP contribution in [0.5, 0.6) is 5.75 Å². The molecule has 4 heteroatoms. The second-order valence-corrected chi connectivity index (χ2v) is 6.52. The molecule has 3 nitrogen and oxygen atoms in total. The molecule has 0 bridgehead atoms. The molecule has 0 aliphatic rings. The van der Waals surface area contributed by atoms with E-state index in [0.29, 0.717) is 12.4 Å². The lowest BCUT2D eigenvalue weighted by Crippen LogP contribution is -2.24. The molecule has 0 fully saturated rings. The number of hydrogen-bond acceptors (Lipinski definition) is 3. The maximum atomic E-state index is 12.6. The van der Waals surface area contributed by atoms with Crippen LogP contribution in [-0.2, 0) is 4.79 Å². The Morgan fingerprint density at radius 2 is 1.83 bits per heavy atom. The van der Waals surface area contributed by atoms with Gasteiger partial charge in [-0.3, -0.25) is 4.79 Å². The summed E-state index contributed by atoms with van der Waals surface area (Å²) in [6.45, 7) is 6.59. The van der Waals surface area contributed by atoms with E-state index in [0.717, 1.165) is 17.0 Å². The zero-order valence-corrected chi connectivity index (χ0v) is 14.7. The summed E-state index contributed by atoms with van der Waals surface area (Å²) in [6, 6.07) is 15.8. The molecule has 0 aliphatic heterocycles. The summed E-state index contributed by atoms with van der Waals surface area (Å²) in [4.78, 5) is 13.7. The first-order chi connectivity index (χ1) is 11.1. The summed E-state index contributed by atoms with van der Waals surface area (Å²) in [6.07, 6.45) is 0.765. The topological polar surface area (TPSA) is 38.3 Å². The largest absolute Gasteiger partial charge is 0.492 e. The van der Waals surface area contributed by atoms with E-state index in [4.69, 9.17) is 4.74 Å². The molecule has 0 radical (unpaired) electrons. The average Bonchev–Trinajstić information content (AvgIpc) is 2.56. The Kier molecular flexibility index (Phi) is 6.53. The summed E-state index contributed by atoms with van der Waals surface area (Å²) < 4.78 is 5.56. The number of aryl methyl sites for hydroxylation is 1. The van der Waals surface area contributed by atoms with E-state index in [-0.39, 0.29) is 11.2 Å². The van der Waals surface area contributed by atoms with Crippen LogP contribution < -0.4 is 10.1 Å². The third-order valence-electron chi connectivity index (χ3n) is 3.41. The van der Waals surface area contributed by atoms with Gasteiger partial charge in [0, 0.05) is 4.90 Å². The molecule has 1 atom stereocenters. The van der Waals surface area contributed by atoms with Crippen LogP contribution in [0.2, 0.25) is 0 Å². The number of thioether (sulfide) groups is 1.